The van der Waals surface area contributed by atoms with E-state index in [4.69, 9.17) is 6.42 Å². The first-order valence-electron chi connectivity index (χ1n) is 5.49. The van der Waals surface area contributed by atoms with Gasteiger partial charge in [0.05, 0.1) is 12.6 Å². The van der Waals surface area contributed by atoms with Crippen LogP contribution in [0.2, 0.25) is 0 Å². The Morgan fingerprint density at radius 3 is 3.06 bits per heavy atom. The minimum absolute atomic E-state index is 0.0883. The van der Waals surface area contributed by atoms with E-state index in [-0.39, 0.29) is 18.5 Å². The number of nitrogens with zero attached hydrogens (tertiary/aromatic N) is 1. The Bertz CT molecular complexity index is 423. The monoisotopic (exact) mass is 231 g/mol. The van der Waals surface area contributed by atoms with Crippen molar-refractivity contribution in [2.75, 3.05) is 6.54 Å². The van der Waals surface area contributed by atoms with Crippen molar-refractivity contribution in [1.82, 2.24) is 15.6 Å². The van der Waals surface area contributed by atoms with Crippen LogP contribution < -0.4 is 10.6 Å². The van der Waals surface area contributed by atoms with Gasteiger partial charge in [-0.2, -0.15) is 0 Å². The minimum atomic E-state index is -0.268. The maximum absolute atomic E-state index is 11.5. The van der Waals surface area contributed by atoms with Gasteiger partial charge in [0.2, 0.25) is 5.91 Å². The highest BCUT2D eigenvalue weighted by molar-refractivity contribution is 5.81. The first-order valence-corrected chi connectivity index (χ1v) is 5.49. The second-order valence-corrected chi connectivity index (χ2v) is 3.83. The summed E-state index contributed by atoms with van der Waals surface area (Å²) in [5, 5.41) is 5.77. The van der Waals surface area contributed by atoms with Crippen LogP contribution >= 0.6 is 0 Å². The number of nitrogens with one attached hydrogen (secondary N) is 2. The van der Waals surface area contributed by atoms with Gasteiger partial charge in [-0.1, -0.05) is 5.92 Å². The lowest BCUT2D eigenvalue weighted by Gasteiger charge is -2.13. The van der Waals surface area contributed by atoms with Crippen LogP contribution in [-0.2, 0) is 11.3 Å². The summed E-state index contributed by atoms with van der Waals surface area (Å²) >= 11 is 0. The third-order valence-corrected chi connectivity index (χ3v) is 2.49. The average Bonchev–Trinajstić information content (AvgIpc) is 2.34. The summed E-state index contributed by atoms with van der Waals surface area (Å²) in [6.45, 7) is 4.70. The molecular formula is C13H17N3O. The zero-order chi connectivity index (χ0) is 12.7. The van der Waals surface area contributed by atoms with E-state index >= 15 is 0 Å². The molecule has 1 rings (SSSR count). The molecule has 0 aromatic carbocycles. The molecule has 1 amide bonds. The molecule has 4 heteroatoms. The second-order valence-electron chi connectivity index (χ2n) is 3.83. The van der Waals surface area contributed by atoms with Crippen molar-refractivity contribution in [2.24, 2.45) is 0 Å². The number of terminal acetylenes is 1. The molecule has 4 nitrogen and oxygen atoms in total. The lowest BCUT2D eigenvalue weighted by Crippen LogP contribution is -2.42. The van der Waals surface area contributed by atoms with E-state index in [1.165, 1.54) is 0 Å². The maximum atomic E-state index is 11.5. The molecule has 1 aromatic heterocycles. The fourth-order valence-electron chi connectivity index (χ4n) is 1.35. The highest BCUT2D eigenvalue weighted by atomic mass is 16.2. The largest absolute Gasteiger partial charge is 0.344 e. The zero-order valence-electron chi connectivity index (χ0n) is 10.2. The van der Waals surface area contributed by atoms with Gasteiger partial charge in [-0.3, -0.25) is 9.78 Å². The van der Waals surface area contributed by atoms with Crippen molar-refractivity contribution in [2.45, 2.75) is 26.4 Å². The van der Waals surface area contributed by atoms with Crippen LogP contribution in [0, 0.1) is 19.3 Å². The average molecular weight is 231 g/mol. The lowest BCUT2D eigenvalue weighted by atomic mass is 10.1. The number of aromatic nitrogens is 1. The van der Waals surface area contributed by atoms with Gasteiger partial charge >= 0.3 is 0 Å². The molecule has 0 aliphatic rings. The third kappa shape index (κ3) is 4.25. The molecule has 0 aliphatic heterocycles. The highest BCUT2D eigenvalue weighted by Crippen LogP contribution is 2.04. The normalized spacial score (nSPS) is 11.6. The number of amides is 1. The number of pyridine rings is 1. The van der Waals surface area contributed by atoms with Crippen LogP contribution in [-0.4, -0.2) is 23.5 Å². The number of aryl methyl sites for hydroxylation is 1. The Balaban J connectivity index is 2.43. The minimum Gasteiger partial charge on any atom is -0.344 e. The predicted molar refractivity (Wildman–Crippen MR) is 67.1 cm³/mol. The molecule has 1 aromatic rings. The standard InChI is InChI=1S/C13H17N3O/c1-4-6-15-13(17)11(3)16-9-12-5-7-14-8-10(12)2/h1,5,7-8,11,16H,6,9H2,2-3H3,(H,15,17). The van der Waals surface area contributed by atoms with Crippen molar-refractivity contribution in [1.29, 1.82) is 0 Å². The van der Waals surface area contributed by atoms with Gasteiger partial charge in [0.15, 0.2) is 0 Å². The van der Waals surface area contributed by atoms with Crippen LogP contribution in [0.3, 0.4) is 0 Å². The van der Waals surface area contributed by atoms with Crippen molar-refractivity contribution in [3.8, 4) is 12.3 Å². The van der Waals surface area contributed by atoms with Gasteiger partial charge in [0, 0.05) is 18.9 Å². The molecule has 1 unspecified atom stereocenters. The van der Waals surface area contributed by atoms with Gasteiger partial charge in [0.1, 0.15) is 0 Å². The number of carbonyl (C=O) groups excluding carboxylic acids is 1. The SMILES string of the molecule is C#CCNC(=O)C(C)NCc1ccncc1C. The van der Waals surface area contributed by atoms with Gasteiger partial charge in [-0.15, -0.1) is 6.42 Å². The topological polar surface area (TPSA) is 54.0 Å². The van der Waals surface area contributed by atoms with E-state index < -0.39 is 0 Å². The zero-order valence-corrected chi connectivity index (χ0v) is 10.2. The molecule has 17 heavy (non-hydrogen) atoms. The van der Waals surface area contributed by atoms with Crippen LogP contribution in [0.5, 0.6) is 0 Å². The molecule has 0 fully saturated rings. The summed E-state index contributed by atoms with van der Waals surface area (Å²) in [6.07, 6.45) is 8.62. The van der Waals surface area contributed by atoms with Crippen molar-refractivity contribution in [3.05, 3.63) is 29.6 Å². The Morgan fingerprint density at radius 2 is 2.41 bits per heavy atom. The van der Waals surface area contributed by atoms with Crippen molar-refractivity contribution in [3.63, 3.8) is 0 Å². The molecular weight excluding hydrogens is 214 g/mol. The molecule has 0 bridgehead atoms. The van der Waals surface area contributed by atoms with Gasteiger partial charge in [-0.25, -0.2) is 0 Å². The highest BCUT2D eigenvalue weighted by Gasteiger charge is 2.11. The van der Waals surface area contributed by atoms with E-state index in [0.717, 1.165) is 11.1 Å². The summed E-state index contributed by atoms with van der Waals surface area (Å²) in [5.74, 6) is 2.28. The van der Waals surface area contributed by atoms with E-state index in [9.17, 15) is 4.79 Å². The van der Waals surface area contributed by atoms with Gasteiger partial charge < -0.3 is 10.6 Å². The third-order valence-electron chi connectivity index (χ3n) is 2.49. The molecule has 1 heterocycles. The molecule has 2 N–H and O–H groups in total. The van der Waals surface area contributed by atoms with Crippen LogP contribution in [0.25, 0.3) is 0 Å². The summed E-state index contributed by atoms with van der Waals surface area (Å²) < 4.78 is 0. The molecule has 0 saturated heterocycles. The fourth-order valence-corrected chi connectivity index (χ4v) is 1.35. The molecule has 0 aliphatic carbocycles. The van der Waals surface area contributed by atoms with Crippen LogP contribution in [0.4, 0.5) is 0 Å². The Labute approximate surface area is 102 Å². The van der Waals surface area contributed by atoms with Crippen molar-refractivity contribution >= 4 is 5.91 Å². The first-order chi connectivity index (χ1) is 8.15. The number of hydrogen-bond donors (Lipinski definition) is 2. The molecule has 1 atom stereocenters. The quantitative estimate of drug-likeness (QED) is 0.730. The molecule has 90 valence electrons. The van der Waals surface area contributed by atoms with Gasteiger partial charge in [-0.05, 0) is 31.0 Å². The summed E-state index contributed by atoms with van der Waals surface area (Å²) in [7, 11) is 0. The number of rotatable bonds is 5. The van der Waals surface area contributed by atoms with Gasteiger partial charge in [0.25, 0.3) is 0 Å². The summed E-state index contributed by atoms with van der Waals surface area (Å²) in [6, 6.07) is 1.67. The summed E-state index contributed by atoms with van der Waals surface area (Å²) in [4.78, 5) is 15.5. The van der Waals surface area contributed by atoms with Crippen LogP contribution in [0.1, 0.15) is 18.1 Å². The van der Waals surface area contributed by atoms with E-state index in [1.54, 1.807) is 12.4 Å². The molecule has 0 radical (unpaired) electrons. The second kappa shape index (κ2) is 6.66. The lowest BCUT2D eigenvalue weighted by molar-refractivity contribution is -0.122. The number of hydrogen-bond acceptors (Lipinski definition) is 3. The Kier molecular flexibility index (Phi) is 5.18. The Hall–Kier alpha value is -1.86. The van der Waals surface area contributed by atoms with Crippen molar-refractivity contribution < 1.29 is 4.79 Å². The number of carbonyl (C=O) groups is 1. The van der Waals surface area contributed by atoms with E-state index in [0.29, 0.717) is 6.54 Å². The smallest absolute Gasteiger partial charge is 0.237 e. The maximum Gasteiger partial charge on any atom is 0.237 e. The first kappa shape index (κ1) is 13.2. The Morgan fingerprint density at radius 1 is 1.65 bits per heavy atom. The van der Waals surface area contributed by atoms with E-state index in [2.05, 4.69) is 21.5 Å². The molecule has 0 spiro atoms. The predicted octanol–water partition coefficient (Wildman–Crippen LogP) is 0.618. The molecule has 0 saturated carbocycles. The van der Waals surface area contributed by atoms with Crippen LogP contribution in [0.15, 0.2) is 18.5 Å². The summed E-state index contributed by atoms with van der Waals surface area (Å²) in [5.41, 5.74) is 2.24. The fraction of sp³-hybridized carbons (Fsp3) is 0.385. The van der Waals surface area contributed by atoms with E-state index in [1.807, 2.05) is 19.9 Å².